The smallest absolute Gasteiger partial charge is 0.397 e. The van der Waals surface area contributed by atoms with Gasteiger partial charge in [0.1, 0.15) is 0 Å². The summed E-state index contributed by atoms with van der Waals surface area (Å²) >= 11 is 0. The molecule has 92 valence electrons. The van der Waals surface area contributed by atoms with Crippen molar-refractivity contribution in [1.82, 2.24) is 9.78 Å². The first-order valence-electron chi connectivity index (χ1n) is 4.67. The summed E-state index contributed by atoms with van der Waals surface area (Å²) in [6.45, 7) is 0.985. The van der Waals surface area contributed by atoms with Gasteiger partial charge in [-0.2, -0.15) is 18.3 Å². The van der Waals surface area contributed by atoms with E-state index in [1.807, 2.05) is 0 Å². The third-order valence-electron chi connectivity index (χ3n) is 2.39. The lowest BCUT2D eigenvalue weighted by atomic mass is 9.99. The molecule has 0 bridgehead atoms. The van der Waals surface area contributed by atoms with Gasteiger partial charge < -0.3 is 10.5 Å². The first-order valence-corrected chi connectivity index (χ1v) is 4.67. The van der Waals surface area contributed by atoms with Crippen LogP contribution in [0.25, 0.3) is 0 Å². The fourth-order valence-corrected chi connectivity index (χ4v) is 1.71. The van der Waals surface area contributed by atoms with Crippen molar-refractivity contribution >= 4 is 0 Å². The Morgan fingerprint density at radius 3 is 2.44 bits per heavy atom. The zero-order valence-corrected chi connectivity index (χ0v) is 9.30. The summed E-state index contributed by atoms with van der Waals surface area (Å²) < 4.78 is 44.4. The molecule has 1 aromatic rings. The van der Waals surface area contributed by atoms with Crippen LogP contribution in [0.2, 0.25) is 0 Å². The SMILES string of the molecule is COc1c(C(CN)C(F)(F)F)c(C)nn1C. The first kappa shape index (κ1) is 12.8. The third-order valence-corrected chi connectivity index (χ3v) is 2.39. The molecule has 0 aliphatic rings. The molecule has 0 aliphatic heterocycles. The lowest BCUT2D eigenvalue weighted by Crippen LogP contribution is -2.28. The van der Waals surface area contributed by atoms with Gasteiger partial charge in [0.05, 0.1) is 24.3 Å². The van der Waals surface area contributed by atoms with Crippen LogP contribution in [0.3, 0.4) is 0 Å². The van der Waals surface area contributed by atoms with Gasteiger partial charge in [-0.1, -0.05) is 0 Å². The summed E-state index contributed by atoms with van der Waals surface area (Å²) in [4.78, 5) is 0. The van der Waals surface area contributed by atoms with E-state index < -0.39 is 18.6 Å². The summed E-state index contributed by atoms with van der Waals surface area (Å²) in [5.74, 6) is -1.64. The van der Waals surface area contributed by atoms with Crippen molar-refractivity contribution in [2.45, 2.75) is 19.0 Å². The van der Waals surface area contributed by atoms with Crippen molar-refractivity contribution in [1.29, 1.82) is 0 Å². The molecule has 1 heterocycles. The molecule has 0 aliphatic carbocycles. The van der Waals surface area contributed by atoms with E-state index >= 15 is 0 Å². The Balaban J connectivity index is 3.29. The van der Waals surface area contributed by atoms with E-state index in [2.05, 4.69) is 5.10 Å². The van der Waals surface area contributed by atoms with Crippen molar-refractivity contribution in [3.8, 4) is 5.88 Å². The molecule has 0 saturated heterocycles. The maximum atomic E-state index is 12.7. The van der Waals surface area contributed by atoms with Gasteiger partial charge in [-0.25, -0.2) is 4.68 Å². The van der Waals surface area contributed by atoms with Gasteiger partial charge in [0.2, 0.25) is 5.88 Å². The molecule has 0 spiro atoms. The van der Waals surface area contributed by atoms with Crippen molar-refractivity contribution in [3.63, 3.8) is 0 Å². The molecule has 7 heteroatoms. The lowest BCUT2D eigenvalue weighted by Gasteiger charge is -2.19. The molecule has 2 N–H and O–H groups in total. The van der Waals surface area contributed by atoms with Crippen LogP contribution in [0.4, 0.5) is 13.2 Å². The Bertz CT molecular complexity index is 373. The van der Waals surface area contributed by atoms with Gasteiger partial charge in [0.15, 0.2) is 0 Å². The molecule has 4 nitrogen and oxygen atoms in total. The monoisotopic (exact) mass is 237 g/mol. The maximum Gasteiger partial charge on any atom is 0.397 e. The number of nitrogens with zero attached hydrogens (tertiary/aromatic N) is 2. The minimum absolute atomic E-state index is 0.0139. The number of rotatable bonds is 3. The molecule has 16 heavy (non-hydrogen) atoms. The number of alkyl halides is 3. The summed E-state index contributed by atoms with van der Waals surface area (Å²) in [7, 11) is 2.84. The van der Waals surface area contributed by atoms with Gasteiger partial charge in [-0.15, -0.1) is 0 Å². The molecule has 1 aromatic heterocycles. The summed E-state index contributed by atoms with van der Waals surface area (Å²) in [5, 5.41) is 3.90. The van der Waals surface area contributed by atoms with Crippen LogP contribution in [-0.2, 0) is 7.05 Å². The van der Waals surface area contributed by atoms with Crippen molar-refractivity contribution in [2.24, 2.45) is 12.8 Å². The van der Waals surface area contributed by atoms with E-state index in [0.717, 1.165) is 0 Å². The second-order valence-electron chi connectivity index (χ2n) is 3.46. The highest BCUT2D eigenvalue weighted by Crippen LogP contribution is 2.39. The van der Waals surface area contributed by atoms with Gasteiger partial charge in [-0.05, 0) is 6.92 Å². The first-order chi connectivity index (χ1) is 7.32. The molecule has 0 fully saturated rings. The van der Waals surface area contributed by atoms with Crippen LogP contribution in [0.5, 0.6) is 5.88 Å². The average molecular weight is 237 g/mol. The van der Waals surface area contributed by atoms with Crippen LogP contribution >= 0.6 is 0 Å². The molecular formula is C9H14F3N3O. The Morgan fingerprint density at radius 2 is 2.06 bits per heavy atom. The molecule has 0 radical (unpaired) electrons. The third kappa shape index (κ3) is 2.13. The molecule has 0 saturated carbocycles. The van der Waals surface area contributed by atoms with E-state index in [0.29, 0.717) is 0 Å². The number of hydrogen-bond acceptors (Lipinski definition) is 3. The molecule has 0 amide bonds. The molecule has 0 aromatic carbocycles. The van der Waals surface area contributed by atoms with Crippen LogP contribution in [-0.4, -0.2) is 29.6 Å². The van der Waals surface area contributed by atoms with Crippen molar-refractivity contribution in [3.05, 3.63) is 11.3 Å². The van der Waals surface area contributed by atoms with Crippen LogP contribution < -0.4 is 10.5 Å². The van der Waals surface area contributed by atoms with Crippen molar-refractivity contribution < 1.29 is 17.9 Å². The van der Waals surface area contributed by atoms with Gasteiger partial charge in [0.25, 0.3) is 0 Å². The van der Waals surface area contributed by atoms with E-state index in [-0.39, 0.29) is 17.1 Å². The number of aromatic nitrogens is 2. The predicted molar refractivity (Wildman–Crippen MR) is 52.3 cm³/mol. The van der Waals surface area contributed by atoms with E-state index in [1.165, 1.54) is 25.8 Å². The summed E-state index contributed by atoms with van der Waals surface area (Å²) in [6, 6.07) is 0. The normalized spacial score (nSPS) is 13.9. The molecule has 1 unspecified atom stereocenters. The van der Waals surface area contributed by atoms with Gasteiger partial charge >= 0.3 is 6.18 Å². The second kappa shape index (κ2) is 4.32. The van der Waals surface area contributed by atoms with E-state index in [9.17, 15) is 13.2 Å². The molecule has 1 rings (SSSR count). The Labute approximate surface area is 91.2 Å². The number of hydrogen-bond donors (Lipinski definition) is 1. The Kier molecular flexibility index (Phi) is 3.47. The lowest BCUT2D eigenvalue weighted by molar-refractivity contribution is -0.148. The maximum absolute atomic E-state index is 12.7. The number of methoxy groups -OCH3 is 1. The zero-order valence-electron chi connectivity index (χ0n) is 9.30. The number of nitrogens with two attached hydrogens (primary N) is 1. The Morgan fingerprint density at radius 1 is 1.50 bits per heavy atom. The fourth-order valence-electron chi connectivity index (χ4n) is 1.71. The summed E-state index contributed by atoms with van der Waals surface area (Å²) in [6.07, 6.45) is -4.39. The Hall–Kier alpha value is -1.24. The highest BCUT2D eigenvalue weighted by atomic mass is 19.4. The van der Waals surface area contributed by atoms with E-state index in [4.69, 9.17) is 10.5 Å². The second-order valence-corrected chi connectivity index (χ2v) is 3.46. The number of halogens is 3. The average Bonchev–Trinajstić information content (AvgIpc) is 2.40. The van der Waals surface area contributed by atoms with Gasteiger partial charge in [0, 0.05) is 13.6 Å². The molecule has 1 atom stereocenters. The highest BCUT2D eigenvalue weighted by molar-refractivity contribution is 5.36. The highest BCUT2D eigenvalue weighted by Gasteiger charge is 2.43. The van der Waals surface area contributed by atoms with Crippen molar-refractivity contribution in [2.75, 3.05) is 13.7 Å². The van der Waals surface area contributed by atoms with Crippen LogP contribution in [0.1, 0.15) is 17.2 Å². The zero-order chi connectivity index (χ0) is 12.5. The van der Waals surface area contributed by atoms with E-state index in [1.54, 1.807) is 0 Å². The topological polar surface area (TPSA) is 53.1 Å². The summed E-state index contributed by atoms with van der Waals surface area (Å²) in [5.41, 5.74) is 5.48. The molecular weight excluding hydrogens is 223 g/mol. The fraction of sp³-hybridized carbons (Fsp3) is 0.667. The number of aryl methyl sites for hydroxylation is 2. The van der Waals surface area contributed by atoms with Crippen LogP contribution in [0.15, 0.2) is 0 Å². The largest absolute Gasteiger partial charge is 0.481 e. The predicted octanol–water partition coefficient (Wildman–Crippen LogP) is 1.34. The van der Waals surface area contributed by atoms with Gasteiger partial charge in [-0.3, -0.25) is 0 Å². The minimum atomic E-state index is -4.39. The standard InChI is InChI=1S/C9H14F3N3O/c1-5-7(6(4-13)9(10,11)12)8(16-3)15(2)14-5/h6H,4,13H2,1-3H3. The quantitative estimate of drug-likeness (QED) is 0.863. The number of ether oxygens (including phenoxy) is 1. The van der Waals surface area contributed by atoms with Crippen LogP contribution in [0, 0.1) is 6.92 Å². The minimum Gasteiger partial charge on any atom is -0.481 e.